The second-order valence-electron chi connectivity index (χ2n) is 19.1. The van der Waals surface area contributed by atoms with Crippen molar-refractivity contribution in [2.75, 3.05) is 43.0 Å². The molecule has 5 atom stereocenters. The van der Waals surface area contributed by atoms with Crippen LogP contribution in [0.5, 0.6) is 0 Å². The highest BCUT2D eigenvalue weighted by atomic mass is 19.3. The number of aromatic nitrogens is 7. The fraction of sp³-hybridized carbons (Fsp3) is 0.565. The van der Waals surface area contributed by atoms with Crippen molar-refractivity contribution in [3.05, 3.63) is 70.2 Å². The van der Waals surface area contributed by atoms with Gasteiger partial charge in [-0.15, -0.1) is 0 Å². The van der Waals surface area contributed by atoms with E-state index < -0.39 is 30.0 Å². The van der Waals surface area contributed by atoms with Crippen LogP contribution in [0, 0.1) is 5.92 Å². The minimum Gasteiger partial charge on any atom is -0.374 e. The van der Waals surface area contributed by atoms with Gasteiger partial charge < -0.3 is 19.9 Å². The number of fused-ring (bicyclic) bond motifs is 6. The Morgan fingerprint density at radius 2 is 1.76 bits per heavy atom. The zero-order chi connectivity index (χ0) is 45.4. The summed E-state index contributed by atoms with van der Waals surface area (Å²) in [6, 6.07) is 7.53. The van der Waals surface area contributed by atoms with Crippen molar-refractivity contribution in [3.8, 4) is 0 Å². The molecular weight excluding hydrogens is 855 g/mol. The number of ether oxygens (including phenoxy) is 1. The summed E-state index contributed by atoms with van der Waals surface area (Å²) in [5, 5.41) is 13.7. The van der Waals surface area contributed by atoms with E-state index in [9.17, 15) is 32.8 Å². The number of carbonyl (C=O) groups is 4. The van der Waals surface area contributed by atoms with Gasteiger partial charge in [0.1, 0.15) is 17.4 Å². The molecule has 20 heteroatoms. The van der Waals surface area contributed by atoms with Gasteiger partial charge in [0.25, 0.3) is 12.3 Å². The lowest BCUT2D eigenvalue weighted by molar-refractivity contribution is -0.136. The van der Waals surface area contributed by atoms with Gasteiger partial charge >= 0.3 is 5.69 Å². The Hall–Kier alpha value is -6.02. The van der Waals surface area contributed by atoms with Gasteiger partial charge in [0.05, 0.1) is 47.7 Å². The Labute approximate surface area is 378 Å². The zero-order valence-electron chi connectivity index (χ0n) is 36.9. The Morgan fingerprint density at radius 1 is 0.970 bits per heavy atom. The molecular formula is C46H54F2N12O6. The number of aryl methyl sites for hydroxylation is 2. The molecule has 5 saturated heterocycles. The second-order valence-corrected chi connectivity index (χ2v) is 19.1. The fourth-order valence-electron chi connectivity index (χ4n) is 11.8. The number of benzene rings is 1. The quantitative estimate of drug-likeness (QED) is 0.171. The number of likely N-dealkylation sites (tertiary alicyclic amines) is 1. The maximum absolute atomic E-state index is 14.4. The SMILES string of the molecule is Cn1c(=O)n(C2CCC(=O)NC2=O)c2cccc(CCCC(=O)N3C[C@H]4CC[C@@H](C3)N4CC3CCC(n4cc(NC(=O)c5cnn6ccc(N7C[C@H]8C[C@@H]7CO8)nc56)c(C(F)F)n4)CC3)c21. The van der Waals surface area contributed by atoms with Gasteiger partial charge in [0.2, 0.25) is 17.7 Å². The molecule has 348 valence electrons. The number of nitrogens with one attached hydrogen (secondary N) is 2. The molecule has 4 amide bonds. The van der Waals surface area contributed by atoms with Gasteiger partial charge in [-0.3, -0.25) is 43.2 Å². The Kier molecular flexibility index (Phi) is 11.0. The summed E-state index contributed by atoms with van der Waals surface area (Å²) in [4.78, 5) is 76.6. The molecule has 5 aliphatic heterocycles. The van der Waals surface area contributed by atoms with Crippen LogP contribution in [0.25, 0.3) is 16.7 Å². The van der Waals surface area contributed by atoms with E-state index in [0.717, 1.165) is 74.9 Å². The van der Waals surface area contributed by atoms with Gasteiger partial charge in [-0.05, 0) is 87.8 Å². The summed E-state index contributed by atoms with van der Waals surface area (Å²) in [5.74, 6) is -0.0780. The third-order valence-corrected chi connectivity index (χ3v) is 15.2. The van der Waals surface area contributed by atoms with E-state index >= 15 is 0 Å². The lowest BCUT2D eigenvalue weighted by atomic mass is 9.85. The third kappa shape index (κ3) is 7.64. The highest BCUT2D eigenvalue weighted by Crippen LogP contribution is 2.39. The van der Waals surface area contributed by atoms with E-state index in [-0.39, 0.29) is 59.8 Å². The standard InChI is InChI=1S/C46H54F2N12O6/c1-54-41-27(4-2-6-35(41)60(46(54)65)36-14-15-38(61)52-45(36)64)5-3-7-39(62)55-21-29-12-13-30(22-55)56(29)20-26-8-10-28(11-9-26)59-24-34(40(53-59)42(47)48)50-44(63)33-19-49-58-17-16-37(51-43(33)58)57-23-32-18-31(57)25-66-32/h2,4,6,16-17,19,24,26,28-32,36,42H,3,5,7-15,18,20-23,25H2,1H3,(H,50,63)(H,52,61,64)/t26?,28?,29-,30+,31-,32-,36?/m1/s1. The number of piperidine rings is 1. The Balaban J connectivity index is 0.676. The minimum atomic E-state index is -2.88. The zero-order valence-corrected chi connectivity index (χ0v) is 36.9. The molecule has 4 bridgehead atoms. The molecule has 5 aromatic rings. The smallest absolute Gasteiger partial charge is 0.329 e. The van der Waals surface area contributed by atoms with Crippen LogP contribution >= 0.6 is 0 Å². The number of hydrogen-bond acceptors (Lipinski definition) is 11. The lowest BCUT2D eigenvalue weighted by Gasteiger charge is -2.43. The molecule has 1 unspecified atom stereocenters. The number of imide groups is 1. The molecule has 11 rings (SSSR count). The third-order valence-electron chi connectivity index (χ3n) is 15.2. The average Bonchev–Trinajstić information content (AvgIpc) is 4.18. The average molecular weight is 909 g/mol. The van der Waals surface area contributed by atoms with Gasteiger partial charge in [-0.1, -0.05) is 12.1 Å². The molecule has 9 heterocycles. The maximum atomic E-state index is 14.4. The molecule has 0 radical (unpaired) electrons. The first-order valence-corrected chi connectivity index (χ1v) is 23.4. The summed E-state index contributed by atoms with van der Waals surface area (Å²) < 4.78 is 40.7. The van der Waals surface area contributed by atoms with Crippen LogP contribution in [0.2, 0.25) is 0 Å². The predicted octanol–water partition coefficient (Wildman–Crippen LogP) is 4.15. The molecule has 2 N–H and O–H groups in total. The Bertz CT molecular complexity index is 2780. The fourth-order valence-corrected chi connectivity index (χ4v) is 11.8. The van der Waals surface area contributed by atoms with Crippen molar-refractivity contribution in [2.45, 2.75) is 120 Å². The number of hydrogen-bond donors (Lipinski definition) is 2. The van der Waals surface area contributed by atoms with Gasteiger partial charge in [0.15, 0.2) is 11.3 Å². The first-order chi connectivity index (χ1) is 32.0. The van der Waals surface area contributed by atoms with E-state index in [0.29, 0.717) is 68.1 Å². The Morgan fingerprint density at radius 3 is 2.48 bits per heavy atom. The summed E-state index contributed by atoms with van der Waals surface area (Å²) >= 11 is 0. The van der Waals surface area contributed by atoms with Crippen molar-refractivity contribution in [1.29, 1.82) is 0 Å². The number of para-hydroxylation sites is 1. The van der Waals surface area contributed by atoms with Crippen LogP contribution in [0.4, 0.5) is 20.3 Å². The monoisotopic (exact) mass is 908 g/mol. The van der Waals surface area contributed by atoms with Crippen molar-refractivity contribution in [3.63, 3.8) is 0 Å². The number of morpholine rings is 1. The summed E-state index contributed by atoms with van der Waals surface area (Å²) in [6.45, 7) is 3.70. The van der Waals surface area contributed by atoms with Crippen LogP contribution in [0.15, 0.2) is 47.7 Å². The molecule has 4 aromatic heterocycles. The maximum Gasteiger partial charge on any atom is 0.329 e. The van der Waals surface area contributed by atoms with E-state index in [1.54, 1.807) is 22.5 Å². The highest BCUT2D eigenvalue weighted by molar-refractivity contribution is 6.08. The van der Waals surface area contributed by atoms with Crippen molar-refractivity contribution >= 4 is 51.8 Å². The normalized spacial score (nSPS) is 26.6. The van der Waals surface area contributed by atoms with Crippen LogP contribution in [-0.4, -0.2) is 124 Å². The molecule has 18 nitrogen and oxygen atoms in total. The van der Waals surface area contributed by atoms with Crippen LogP contribution in [0.3, 0.4) is 0 Å². The number of imidazole rings is 1. The molecule has 6 aliphatic rings. The first-order valence-electron chi connectivity index (χ1n) is 23.4. The summed E-state index contributed by atoms with van der Waals surface area (Å²) in [6.07, 6.45) is 10.5. The second kappa shape index (κ2) is 17.0. The number of nitrogens with zero attached hydrogens (tertiary/aromatic N) is 10. The number of amides is 4. The number of alkyl halides is 2. The number of carbonyl (C=O) groups excluding carboxylic acids is 4. The van der Waals surface area contributed by atoms with Gasteiger partial charge in [-0.2, -0.15) is 10.2 Å². The topological polar surface area (TPSA) is 186 Å². The molecule has 1 aliphatic carbocycles. The van der Waals surface area contributed by atoms with Gasteiger partial charge in [0, 0.05) is 70.5 Å². The number of halogens is 2. The van der Waals surface area contributed by atoms with Crippen LogP contribution in [-0.2, 0) is 32.6 Å². The minimum absolute atomic E-state index is 0.0170. The molecule has 0 spiro atoms. The molecule has 6 fully saturated rings. The highest BCUT2D eigenvalue weighted by Gasteiger charge is 2.43. The predicted molar refractivity (Wildman–Crippen MR) is 236 cm³/mol. The summed E-state index contributed by atoms with van der Waals surface area (Å²) in [5.41, 5.74) is 2.07. The first kappa shape index (κ1) is 42.6. The van der Waals surface area contributed by atoms with Crippen LogP contribution in [0.1, 0.15) is 111 Å². The molecule has 1 aromatic carbocycles. The molecule has 66 heavy (non-hydrogen) atoms. The number of anilines is 2. The van der Waals surface area contributed by atoms with Crippen molar-refractivity contribution < 1.29 is 32.7 Å². The van der Waals surface area contributed by atoms with Crippen molar-refractivity contribution in [2.24, 2.45) is 13.0 Å². The van der Waals surface area contributed by atoms with E-state index in [1.165, 1.54) is 21.5 Å². The van der Waals surface area contributed by atoms with Gasteiger partial charge in [-0.25, -0.2) is 23.1 Å². The van der Waals surface area contributed by atoms with Crippen molar-refractivity contribution in [1.82, 2.24) is 48.6 Å². The molecule has 1 saturated carbocycles. The number of piperazine rings is 1. The van der Waals surface area contributed by atoms with E-state index in [4.69, 9.17) is 9.72 Å². The van der Waals surface area contributed by atoms with E-state index in [1.807, 2.05) is 29.2 Å². The lowest BCUT2D eigenvalue weighted by Crippen LogP contribution is -2.56. The van der Waals surface area contributed by atoms with Crippen LogP contribution < -0.4 is 21.2 Å². The largest absolute Gasteiger partial charge is 0.374 e. The van der Waals surface area contributed by atoms with E-state index in [2.05, 4.69) is 30.6 Å². The number of rotatable bonds is 12. The summed E-state index contributed by atoms with van der Waals surface area (Å²) in [7, 11) is 1.69.